The molecule has 148 valence electrons. The van der Waals surface area contributed by atoms with Gasteiger partial charge >= 0.3 is 0 Å². The quantitative estimate of drug-likeness (QED) is 0.747. The first-order chi connectivity index (χ1) is 13.5. The summed E-state index contributed by atoms with van der Waals surface area (Å²) >= 11 is 0. The molecule has 0 saturated carbocycles. The summed E-state index contributed by atoms with van der Waals surface area (Å²) < 4.78 is 12.9. The highest BCUT2D eigenvalue weighted by Crippen LogP contribution is 2.13. The molecule has 1 N–H and O–H groups in total. The highest BCUT2D eigenvalue weighted by atomic mass is 19.1. The van der Waals surface area contributed by atoms with Gasteiger partial charge < -0.3 is 10.2 Å². The van der Waals surface area contributed by atoms with Gasteiger partial charge in [-0.25, -0.2) is 4.39 Å². The number of piperazine rings is 1. The molecule has 0 spiro atoms. The molecule has 1 saturated heterocycles. The first-order valence-corrected chi connectivity index (χ1v) is 9.58. The van der Waals surface area contributed by atoms with Crippen LogP contribution in [0.1, 0.15) is 22.3 Å². The molecule has 2 aromatic rings. The fourth-order valence-corrected chi connectivity index (χ4v) is 3.17. The summed E-state index contributed by atoms with van der Waals surface area (Å²) in [4.78, 5) is 29.0. The number of halogens is 1. The molecular weight excluding hydrogens is 357 g/mol. The fourth-order valence-electron chi connectivity index (χ4n) is 3.17. The number of Topliss-reactive ketones (excluding diaryl/α,β-unsaturated/α-hetero) is 1. The van der Waals surface area contributed by atoms with Crippen LogP contribution in [0.3, 0.4) is 0 Å². The van der Waals surface area contributed by atoms with Gasteiger partial charge in [-0.2, -0.15) is 0 Å². The van der Waals surface area contributed by atoms with Crippen molar-refractivity contribution >= 4 is 17.4 Å². The Bertz CT molecular complexity index is 798. The second-order valence-corrected chi connectivity index (χ2v) is 7.25. The van der Waals surface area contributed by atoms with Crippen LogP contribution in [0.2, 0.25) is 0 Å². The topological polar surface area (TPSA) is 52.6 Å². The summed E-state index contributed by atoms with van der Waals surface area (Å²) in [7, 11) is 2.09. The van der Waals surface area contributed by atoms with Gasteiger partial charge in [0.15, 0.2) is 5.78 Å². The summed E-state index contributed by atoms with van der Waals surface area (Å²) in [5.74, 6) is -0.296. The molecule has 3 rings (SSSR count). The first-order valence-electron chi connectivity index (χ1n) is 9.58. The average molecular weight is 383 g/mol. The number of aryl methyl sites for hydroxylation is 1. The lowest BCUT2D eigenvalue weighted by Gasteiger charge is -2.31. The van der Waals surface area contributed by atoms with E-state index in [1.807, 2.05) is 0 Å². The molecule has 0 atom stereocenters. The SMILES string of the molecule is CN1CCN(CC(=O)c2ccc(NC(=O)CCc3ccc(F)cc3)cc2)CC1. The number of carbonyl (C=O) groups is 2. The van der Waals surface area contributed by atoms with E-state index in [9.17, 15) is 14.0 Å². The highest BCUT2D eigenvalue weighted by molar-refractivity contribution is 5.98. The van der Waals surface area contributed by atoms with E-state index in [-0.39, 0.29) is 17.5 Å². The minimum atomic E-state index is -0.282. The van der Waals surface area contributed by atoms with Gasteiger partial charge in [-0.1, -0.05) is 12.1 Å². The van der Waals surface area contributed by atoms with E-state index in [0.29, 0.717) is 30.6 Å². The van der Waals surface area contributed by atoms with Crippen molar-refractivity contribution in [1.29, 1.82) is 0 Å². The number of rotatable bonds is 7. The zero-order valence-electron chi connectivity index (χ0n) is 16.2. The number of amides is 1. The smallest absolute Gasteiger partial charge is 0.224 e. The van der Waals surface area contributed by atoms with Crippen molar-refractivity contribution in [3.63, 3.8) is 0 Å². The second-order valence-electron chi connectivity index (χ2n) is 7.25. The van der Waals surface area contributed by atoms with Gasteiger partial charge in [-0.15, -0.1) is 0 Å². The summed E-state index contributed by atoms with van der Waals surface area (Å²) in [5, 5.41) is 2.84. The molecule has 1 heterocycles. The number of ketones is 1. The molecule has 5 nitrogen and oxygen atoms in total. The van der Waals surface area contributed by atoms with Crippen LogP contribution in [0, 0.1) is 5.82 Å². The summed E-state index contributed by atoms with van der Waals surface area (Å²) in [5.41, 5.74) is 2.24. The third-order valence-electron chi connectivity index (χ3n) is 5.01. The summed E-state index contributed by atoms with van der Waals surface area (Å²) in [6.45, 7) is 4.21. The molecule has 1 aliphatic rings. The van der Waals surface area contributed by atoms with Gasteiger partial charge in [0.05, 0.1) is 6.54 Å². The zero-order chi connectivity index (χ0) is 19.9. The number of anilines is 1. The molecule has 1 aliphatic heterocycles. The lowest BCUT2D eigenvalue weighted by atomic mass is 10.1. The van der Waals surface area contributed by atoms with Crippen molar-refractivity contribution in [3.05, 3.63) is 65.5 Å². The molecule has 1 amide bonds. The number of nitrogens with zero attached hydrogens (tertiary/aromatic N) is 2. The second kappa shape index (κ2) is 9.57. The normalized spacial score (nSPS) is 15.4. The van der Waals surface area contributed by atoms with Crippen molar-refractivity contribution in [2.45, 2.75) is 12.8 Å². The Kier molecular flexibility index (Phi) is 6.90. The Balaban J connectivity index is 1.46. The van der Waals surface area contributed by atoms with Gasteiger partial charge in [0, 0.05) is 43.9 Å². The molecule has 0 radical (unpaired) electrons. The molecule has 28 heavy (non-hydrogen) atoms. The maximum atomic E-state index is 12.9. The number of nitrogens with one attached hydrogen (secondary N) is 1. The minimum Gasteiger partial charge on any atom is -0.326 e. The highest BCUT2D eigenvalue weighted by Gasteiger charge is 2.17. The Morgan fingerprint density at radius 3 is 2.25 bits per heavy atom. The van der Waals surface area contributed by atoms with E-state index in [2.05, 4.69) is 22.2 Å². The number of hydrogen-bond donors (Lipinski definition) is 1. The van der Waals surface area contributed by atoms with E-state index in [4.69, 9.17) is 0 Å². The summed E-state index contributed by atoms with van der Waals surface area (Å²) in [6, 6.07) is 13.2. The number of hydrogen-bond acceptors (Lipinski definition) is 4. The van der Waals surface area contributed by atoms with Crippen molar-refractivity contribution in [2.24, 2.45) is 0 Å². The lowest BCUT2D eigenvalue weighted by molar-refractivity contribution is -0.116. The van der Waals surface area contributed by atoms with E-state index >= 15 is 0 Å². The van der Waals surface area contributed by atoms with E-state index in [1.54, 1.807) is 36.4 Å². The Morgan fingerprint density at radius 1 is 0.964 bits per heavy atom. The zero-order valence-corrected chi connectivity index (χ0v) is 16.2. The average Bonchev–Trinajstić information content (AvgIpc) is 2.70. The number of carbonyl (C=O) groups excluding carboxylic acids is 2. The largest absolute Gasteiger partial charge is 0.326 e. The van der Waals surface area contributed by atoms with Crippen LogP contribution in [-0.2, 0) is 11.2 Å². The Labute approximate surface area is 165 Å². The fraction of sp³-hybridized carbons (Fsp3) is 0.364. The van der Waals surface area contributed by atoms with Gasteiger partial charge in [-0.05, 0) is 55.4 Å². The molecular formula is C22H26FN3O2. The number of benzene rings is 2. The monoisotopic (exact) mass is 383 g/mol. The van der Waals surface area contributed by atoms with Crippen LogP contribution in [-0.4, -0.2) is 61.3 Å². The van der Waals surface area contributed by atoms with Gasteiger partial charge in [0.2, 0.25) is 5.91 Å². The predicted octanol–water partition coefficient (Wildman–Crippen LogP) is 2.83. The van der Waals surface area contributed by atoms with Crippen molar-refractivity contribution in [1.82, 2.24) is 9.80 Å². The lowest BCUT2D eigenvalue weighted by Crippen LogP contribution is -2.46. The molecule has 0 aliphatic carbocycles. The van der Waals surface area contributed by atoms with E-state index in [0.717, 1.165) is 31.7 Å². The van der Waals surface area contributed by atoms with Gasteiger partial charge in [0.25, 0.3) is 0 Å². The van der Waals surface area contributed by atoms with Gasteiger partial charge in [-0.3, -0.25) is 14.5 Å². The summed E-state index contributed by atoms with van der Waals surface area (Å²) in [6.07, 6.45) is 0.865. The standard InChI is InChI=1S/C22H26FN3O2/c1-25-12-14-26(15-13-25)16-21(27)18-5-9-20(10-6-18)24-22(28)11-4-17-2-7-19(23)8-3-17/h2-3,5-10H,4,11-16H2,1H3,(H,24,28). The number of likely N-dealkylation sites (N-methyl/N-ethyl adjacent to an activating group) is 1. The maximum Gasteiger partial charge on any atom is 0.224 e. The van der Waals surface area contributed by atoms with Crippen LogP contribution >= 0.6 is 0 Å². The molecule has 0 aromatic heterocycles. The maximum absolute atomic E-state index is 12.9. The van der Waals surface area contributed by atoms with Crippen molar-refractivity contribution in [3.8, 4) is 0 Å². The molecule has 2 aromatic carbocycles. The Hall–Kier alpha value is -2.57. The predicted molar refractivity (Wildman–Crippen MR) is 108 cm³/mol. The van der Waals surface area contributed by atoms with Crippen molar-refractivity contribution < 1.29 is 14.0 Å². The minimum absolute atomic E-state index is 0.0961. The Morgan fingerprint density at radius 2 is 1.61 bits per heavy atom. The van der Waals surface area contributed by atoms with E-state index < -0.39 is 0 Å². The van der Waals surface area contributed by atoms with E-state index in [1.165, 1.54) is 12.1 Å². The molecule has 6 heteroatoms. The third kappa shape index (κ3) is 5.97. The van der Waals surface area contributed by atoms with Crippen molar-refractivity contribution in [2.75, 3.05) is 45.1 Å². The van der Waals surface area contributed by atoms with Crippen LogP contribution < -0.4 is 5.32 Å². The molecule has 1 fully saturated rings. The molecule has 0 bridgehead atoms. The van der Waals surface area contributed by atoms with Crippen LogP contribution in [0.25, 0.3) is 0 Å². The van der Waals surface area contributed by atoms with Crippen LogP contribution in [0.4, 0.5) is 10.1 Å². The first kappa shape index (κ1) is 20.2. The van der Waals surface area contributed by atoms with Crippen LogP contribution in [0.15, 0.2) is 48.5 Å². The molecule has 0 unspecified atom stereocenters. The van der Waals surface area contributed by atoms with Crippen LogP contribution in [0.5, 0.6) is 0 Å². The third-order valence-corrected chi connectivity index (χ3v) is 5.01. The van der Waals surface area contributed by atoms with Gasteiger partial charge in [0.1, 0.15) is 5.82 Å².